The summed E-state index contributed by atoms with van der Waals surface area (Å²) in [6.07, 6.45) is 10.3. The minimum atomic E-state index is 0.00849. The van der Waals surface area contributed by atoms with E-state index in [-0.39, 0.29) is 9.76 Å². The van der Waals surface area contributed by atoms with Crippen molar-refractivity contribution in [1.82, 2.24) is 0 Å². The first-order valence-electron chi connectivity index (χ1n) is 6.47. The molecule has 1 saturated heterocycles. The summed E-state index contributed by atoms with van der Waals surface area (Å²) in [7, 11) is 0.00849. The first kappa shape index (κ1) is 14.7. The lowest BCUT2D eigenvalue weighted by molar-refractivity contribution is 0.304. The van der Waals surface area contributed by atoms with Gasteiger partial charge in [-0.1, -0.05) is 68.1 Å². The third-order valence-corrected chi connectivity index (χ3v) is 4.05. The molecular weight excluding hydrogens is 236 g/mol. The average Bonchev–Trinajstić information content (AvgIpc) is 2.43. The minimum Gasteiger partial charge on any atom is -0.424 e. The van der Waals surface area contributed by atoms with E-state index in [9.17, 15) is 0 Å². The van der Waals surface area contributed by atoms with Gasteiger partial charge in [0, 0.05) is 6.61 Å². The van der Waals surface area contributed by atoms with Crippen LogP contribution in [-0.2, 0) is 4.43 Å². The third-order valence-electron chi connectivity index (χ3n) is 2.68. The maximum Gasteiger partial charge on any atom is 0.161 e. The van der Waals surface area contributed by atoms with Gasteiger partial charge in [-0.15, -0.1) is 0 Å². The van der Waals surface area contributed by atoms with Gasteiger partial charge in [0.2, 0.25) is 0 Å². The van der Waals surface area contributed by atoms with Gasteiger partial charge in [0.25, 0.3) is 0 Å². The van der Waals surface area contributed by atoms with Gasteiger partial charge in [-0.25, -0.2) is 0 Å². The molecule has 1 aliphatic heterocycles. The number of rotatable bonds is 1. The van der Waals surface area contributed by atoms with Crippen molar-refractivity contribution in [3.05, 3.63) is 60.7 Å². The Kier molecular flexibility index (Phi) is 7.85. The summed E-state index contributed by atoms with van der Waals surface area (Å²) in [5, 5.41) is 0. The number of allylic oxidation sites excluding steroid dienone is 2. The van der Waals surface area contributed by atoms with E-state index in [0.717, 1.165) is 6.61 Å². The molecule has 96 valence electrons. The maximum atomic E-state index is 5.21. The molecule has 0 radical (unpaired) electrons. The van der Waals surface area contributed by atoms with Crippen LogP contribution in [0.15, 0.2) is 49.6 Å². The van der Waals surface area contributed by atoms with E-state index in [2.05, 4.69) is 49.6 Å². The van der Waals surface area contributed by atoms with Crippen molar-refractivity contribution in [2.45, 2.75) is 18.9 Å². The summed E-state index contributed by atoms with van der Waals surface area (Å²) < 4.78 is 5.21. The lowest BCUT2D eigenvalue weighted by Gasteiger charge is -2.07. The van der Waals surface area contributed by atoms with E-state index in [4.69, 9.17) is 4.43 Å². The van der Waals surface area contributed by atoms with E-state index < -0.39 is 0 Å². The molecule has 0 aromatic heterocycles. The van der Waals surface area contributed by atoms with Gasteiger partial charge < -0.3 is 4.43 Å². The molecule has 1 fully saturated rings. The molecule has 1 heterocycles. The Bertz CT molecular complexity index is 349. The Balaban J connectivity index is 0.000000145. The molecule has 0 spiro atoms. The predicted molar refractivity (Wildman–Crippen MR) is 84.3 cm³/mol. The lowest BCUT2D eigenvalue weighted by Crippen LogP contribution is -2.06. The zero-order valence-corrected chi connectivity index (χ0v) is 12.4. The normalized spacial score (nSPS) is 16.0. The van der Waals surface area contributed by atoms with Crippen molar-refractivity contribution in [3.8, 4) is 0 Å². The van der Waals surface area contributed by atoms with Gasteiger partial charge in [-0.3, -0.25) is 0 Å². The zero-order valence-electron chi connectivity index (χ0n) is 11.0. The fourth-order valence-corrected chi connectivity index (χ4v) is 2.75. The van der Waals surface area contributed by atoms with E-state index >= 15 is 0 Å². The first-order chi connectivity index (χ1) is 8.88. The van der Waals surface area contributed by atoms with Gasteiger partial charge in [-0.05, 0) is 23.6 Å². The zero-order chi connectivity index (χ0) is 13.1. The Morgan fingerprint density at radius 3 is 1.78 bits per heavy atom. The van der Waals surface area contributed by atoms with Crippen LogP contribution in [0.25, 0.3) is 12.2 Å². The van der Waals surface area contributed by atoms with Crippen molar-refractivity contribution >= 4 is 21.9 Å². The van der Waals surface area contributed by atoms with Crippen LogP contribution in [0.5, 0.6) is 0 Å². The van der Waals surface area contributed by atoms with E-state index in [0.29, 0.717) is 0 Å². The van der Waals surface area contributed by atoms with Crippen LogP contribution in [0.3, 0.4) is 0 Å². The number of hydrogen-bond donors (Lipinski definition) is 0. The van der Waals surface area contributed by atoms with Crippen molar-refractivity contribution in [2.24, 2.45) is 0 Å². The van der Waals surface area contributed by atoms with Gasteiger partial charge in [0.15, 0.2) is 9.76 Å². The molecule has 0 amide bonds. The molecule has 1 aliphatic carbocycles. The second-order valence-electron chi connectivity index (χ2n) is 4.11. The number of benzene rings is 1. The second-order valence-corrected chi connectivity index (χ2v) is 5.63. The summed E-state index contributed by atoms with van der Waals surface area (Å²) in [5.41, 5.74) is 2.74. The summed E-state index contributed by atoms with van der Waals surface area (Å²) in [4.78, 5) is 0. The van der Waals surface area contributed by atoms with Crippen molar-refractivity contribution in [1.29, 1.82) is 0 Å². The third kappa shape index (κ3) is 5.80. The summed E-state index contributed by atoms with van der Waals surface area (Å²) in [6.45, 7) is 7.78. The summed E-state index contributed by atoms with van der Waals surface area (Å²) in [5.74, 6) is 0. The molecule has 1 nitrogen and oxygen atoms in total. The first-order valence-corrected chi connectivity index (χ1v) is 8.04. The summed E-state index contributed by atoms with van der Waals surface area (Å²) >= 11 is 0. The standard InChI is InChI=1S/C8H6.C4H10OSi.C4H6/c1-2-4-8-6-5-7(8)3-1;1-2-4-6-5-3-1;1-3-4-2/h1-6H;1-4,6H2;3-4H,1-2H2. The van der Waals surface area contributed by atoms with Crippen molar-refractivity contribution in [3.63, 3.8) is 0 Å². The fourth-order valence-electron chi connectivity index (χ4n) is 1.58. The fraction of sp³-hybridized carbons (Fsp3) is 0.250. The van der Waals surface area contributed by atoms with Crippen LogP contribution >= 0.6 is 0 Å². The molecule has 0 N–H and O–H groups in total. The van der Waals surface area contributed by atoms with Crippen LogP contribution in [0.1, 0.15) is 24.0 Å². The maximum absolute atomic E-state index is 5.21. The molecule has 1 aromatic rings. The van der Waals surface area contributed by atoms with Crippen LogP contribution < -0.4 is 0 Å². The van der Waals surface area contributed by atoms with Crippen LogP contribution in [0.2, 0.25) is 6.04 Å². The van der Waals surface area contributed by atoms with Crippen LogP contribution in [-0.4, -0.2) is 16.4 Å². The smallest absolute Gasteiger partial charge is 0.161 e. The highest BCUT2D eigenvalue weighted by molar-refractivity contribution is 6.27. The second kappa shape index (κ2) is 9.63. The Labute approximate surface area is 113 Å². The molecule has 0 unspecified atom stereocenters. The lowest BCUT2D eigenvalue weighted by atomic mass is 9.99. The minimum absolute atomic E-state index is 0.00849. The van der Waals surface area contributed by atoms with Crippen molar-refractivity contribution < 1.29 is 4.43 Å². The molecule has 3 rings (SSSR count). The monoisotopic (exact) mass is 258 g/mol. The van der Waals surface area contributed by atoms with Crippen LogP contribution in [0.4, 0.5) is 0 Å². The Morgan fingerprint density at radius 1 is 1.00 bits per heavy atom. The van der Waals surface area contributed by atoms with Gasteiger partial charge >= 0.3 is 0 Å². The molecule has 18 heavy (non-hydrogen) atoms. The van der Waals surface area contributed by atoms with E-state index in [1.165, 1.54) is 30.0 Å². The van der Waals surface area contributed by atoms with Gasteiger partial charge in [0.1, 0.15) is 0 Å². The van der Waals surface area contributed by atoms with Crippen molar-refractivity contribution in [2.75, 3.05) is 6.61 Å². The highest BCUT2D eigenvalue weighted by Crippen LogP contribution is 2.21. The predicted octanol–water partition coefficient (Wildman–Crippen LogP) is 3.83. The molecule has 0 saturated carbocycles. The average molecular weight is 258 g/mol. The highest BCUT2D eigenvalue weighted by Gasteiger charge is 1.99. The number of fused-ring (bicyclic) bond motifs is 1. The van der Waals surface area contributed by atoms with E-state index in [1.807, 2.05) is 0 Å². The van der Waals surface area contributed by atoms with E-state index in [1.54, 1.807) is 12.2 Å². The number of hydrogen-bond acceptors (Lipinski definition) is 1. The van der Waals surface area contributed by atoms with Crippen LogP contribution in [0, 0.1) is 0 Å². The Hall–Kier alpha value is -1.38. The SMILES string of the molecule is C1=Cc2ccccc21.C1CC[SiH2]OC1.C=CC=C. The Morgan fingerprint density at radius 2 is 1.61 bits per heavy atom. The molecular formula is C16H22OSi. The molecule has 2 aliphatic rings. The van der Waals surface area contributed by atoms with Gasteiger partial charge in [0.05, 0.1) is 0 Å². The quantitative estimate of drug-likeness (QED) is 0.558. The largest absolute Gasteiger partial charge is 0.424 e. The molecule has 1 aromatic carbocycles. The molecule has 2 heteroatoms. The topological polar surface area (TPSA) is 9.23 Å². The van der Waals surface area contributed by atoms with Gasteiger partial charge in [-0.2, -0.15) is 0 Å². The summed E-state index contributed by atoms with van der Waals surface area (Å²) in [6, 6.07) is 9.77. The molecule has 0 atom stereocenters. The molecule has 0 bridgehead atoms. The highest BCUT2D eigenvalue weighted by atomic mass is 28.2.